The number of hydrogen-bond acceptors (Lipinski definition) is 2. The van der Waals surface area contributed by atoms with Gasteiger partial charge in [-0.1, -0.05) is 86.8 Å². The molecular weight excluding hydrogens is 463 g/mol. The molecule has 1 atom stereocenters. The van der Waals surface area contributed by atoms with Crippen molar-refractivity contribution in [3.8, 4) is 5.69 Å². The van der Waals surface area contributed by atoms with Gasteiger partial charge in [0.25, 0.3) is 0 Å². The van der Waals surface area contributed by atoms with Gasteiger partial charge in [-0.3, -0.25) is 0 Å². The standard InChI is InChI=1S/C28H19ClN2.H3PS/c29-25-10-4-5-11-26(25)30-21-14-16-24-23-9-3-6-12-27(23)31(28(24)18-21)22-15-13-19-7-1-2-8-20(19)17-22;1-2/h1-18,30H;2H,1H2. The average molecular weight is 485 g/mol. The molecule has 0 amide bonds. The highest BCUT2D eigenvalue weighted by molar-refractivity contribution is 8.31. The number of para-hydroxylation sites is 2. The van der Waals surface area contributed by atoms with Crippen LogP contribution >= 0.6 is 32.3 Å². The summed E-state index contributed by atoms with van der Waals surface area (Å²) in [5, 5.41) is 9.13. The summed E-state index contributed by atoms with van der Waals surface area (Å²) in [7, 11) is 2.11. The first-order valence-corrected chi connectivity index (χ1v) is 13.0. The van der Waals surface area contributed by atoms with Gasteiger partial charge in [0, 0.05) is 22.1 Å². The maximum Gasteiger partial charge on any atom is 0.0640 e. The van der Waals surface area contributed by atoms with Crippen molar-refractivity contribution in [1.82, 2.24) is 4.57 Å². The van der Waals surface area contributed by atoms with Crippen molar-refractivity contribution in [1.29, 1.82) is 0 Å². The fourth-order valence-corrected chi connectivity index (χ4v) is 4.54. The first-order chi connectivity index (χ1) is 16.3. The third-order valence-corrected chi connectivity index (χ3v) is 6.15. The maximum atomic E-state index is 6.37. The van der Waals surface area contributed by atoms with Gasteiger partial charge in [-0.05, 0) is 53.2 Å². The van der Waals surface area contributed by atoms with Crippen LogP contribution in [0.5, 0.6) is 0 Å². The lowest BCUT2D eigenvalue weighted by molar-refractivity contribution is 1.19. The Kier molecular flexibility index (Phi) is 6.28. The number of aromatic nitrogens is 1. The Morgan fingerprint density at radius 1 is 0.636 bits per heavy atom. The number of halogens is 1. The van der Waals surface area contributed by atoms with Crippen molar-refractivity contribution in [3.05, 3.63) is 114 Å². The number of thiol groups is 1. The molecule has 0 bridgehead atoms. The van der Waals surface area contributed by atoms with E-state index >= 15 is 0 Å². The zero-order valence-electron chi connectivity index (χ0n) is 17.7. The van der Waals surface area contributed by atoms with Crippen molar-refractivity contribution < 1.29 is 0 Å². The van der Waals surface area contributed by atoms with E-state index in [1.807, 2.05) is 24.3 Å². The largest absolute Gasteiger partial charge is 0.354 e. The zero-order valence-corrected chi connectivity index (χ0v) is 20.5. The van der Waals surface area contributed by atoms with E-state index in [2.05, 4.69) is 116 Å². The highest BCUT2D eigenvalue weighted by Crippen LogP contribution is 2.35. The highest BCUT2D eigenvalue weighted by Gasteiger charge is 2.13. The second kappa shape index (κ2) is 9.49. The monoisotopic (exact) mass is 484 g/mol. The number of nitrogens with one attached hydrogen (secondary N) is 1. The molecule has 0 spiro atoms. The summed E-state index contributed by atoms with van der Waals surface area (Å²) in [5.74, 6) is 0. The van der Waals surface area contributed by atoms with Crippen LogP contribution in [-0.4, -0.2) is 4.57 Å². The number of benzene rings is 5. The minimum atomic E-state index is 0.706. The predicted octanol–water partition coefficient (Wildman–Crippen LogP) is 9.04. The molecule has 6 rings (SSSR count). The minimum Gasteiger partial charge on any atom is -0.354 e. The molecule has 0 radical (unpaired) electrons. The van der Waals surface area contributed by atoms with Gasteiger partial charge in [-0.25, -0.2) is 0 Å². The van der Waals surface area contributed by atoms with E-state index in [-0.39, 0.29) is 0 Å². The van der Waals surface area contributed by atoms with E-state index in [1.54, 1.807) is 0 Å². The summed E-state index contributed by atoms with van der Waals surface area (Å²) < 4.78 is 2.34. The second-order valence-corrected chi connectivity index (χ2v) is 8.13. The number of nitrogens with zero attached hydrogens (tertiary/aromatic N) is 1. The molecule has 1 heterocycles. The van der Waals surface area contributed by atoms with Crippen LogP contribution in [0.15, 0.2) is 109 Å². The molecule has 2 nitrogen and oxygen atoms in total. The van der Waals surface area contributed by atoms with Gasteiger partial charge in [-0.15, -0.1) is 0 Å². The minimum absolute atomic E-state index is 0.706. The number of rotatable bonds is 3. The molecule has 1 aromatic heterocycles. The van der Waals surface area contributed by atoms with Crippen molar-refractivity contribution in [2.45, 2.75) is 0 Å². The highest BCUT2D eigenvalue weighted by atomic mass is 35.5. The predicted molar refractivity (Wildman–Crippen MR) is 152 cm³/mol. The van der Waals surface area contributed by atoms with Gasteiger partial charge in [0.05, 0.1) is 21.7 Å². The molecule has 0 aliphatic carbocycles. The molecule has 0 saturated carbocycles. The molecule has 1 unspecified atom stereocenters. The van der Waals surface area contributed by atoms with E-state index in [9.17, 15) is 0 Å². The van der Waals surface area contributed by atoms with Crippen molar-refractivity contribution in [2.24, 2.45) is 0 Å². The molecule has 33 heavy (non-hydrogen) atoms. The topological polar surface area (TPSA) is 17.0 Å². The summed E-state index contributed by atoms with van der Waals surface area (Å²) in [6.45, 7) is 0. The third kappa shape index (κ3) is 4.09. The Labute approximate surface area is 205 Å². The van der Waals surface area contributed by atoms with Crippen LogP contribution in [0.1, 0.15) is 0 Å². The molecule has 0 aliphatic rings. The molecule has 5 aromatic carbocycles. The molecular formula is C28H22ClN2PS. The van der Waals surface area contributed by atoms with Crippen molar-refractivity contribution in [3.63, 3.8) is 0 Å². The van der Waals surface area contributed by atoms with Gasteiger partial charge < -0.3 is 9.88 Å². The Morgan fingerprint density at radius 3 is 2.18 bits per heavy atom. The summed E-state index contributed by atoms with van der Waals surface area (Å²) in [6.07, 6.45) is 0. The van der Waals surface area contributed by atoms with Gasteiger partial charge in [-0.2, -0.15) is 12.2 Å². The third-order valence-electron chi connectivity index (χ3n) is 5.82. The number of hydrogen-bond donors (Lipinski definition) is 2. The van der Waals surface area contributed by atoms with Crippen LogP contribution in [0.4, 0.5) is 11.4 Å². The number of fused-ring (bicyclic) bond motifs is 4. The number of anilines is 2. The second-order valence-electron chi connectivity index (χ2n) is 7.72. The van der Waals surface area contributed by atoms with E-state index in [0.717, 1.165) is 22.6 Å². The summed E-state index contributed by atoms with van der Waals surface area (Å²) in [4.78, 5) is 0. The molecule has 5 heteroatoms. The van der Waals surface area contributed by atoms with Crippen LogP contribution in [0, 0.1) is 0 Å². The van der Waals surface area contributed by atoms with Gasteiger partial charge in [0.15, 0.2) is 0 Å². The smallest absolute Gasteiger partial charge is 0.0640 e. The Hall–Kier alpha value is -2.97. The molecule has 0 fully saturated rings. The van der Waals surface area contributed by atoms with E-state index < -0.39 is 0 Å². The molecule has 162 valence electrons. The van der Waals surface area contributed by atoms with Crippen LogP contribution in [0.2, 0.25) is 5.02 Å². The van der Waals surface area contributed by atoms with Crippen LogP contribution in [0.3, 0.4) is 0 Å². The Bertz CT molecular complexity index is 1590. The van der Waals surface area contributed by atoms with Crippen LogP contribution in [-0.2, 0) is 0 Å². The first kappa shape index (κ1) is 21.9. The normalized spacial score (nSPS) is 10.9. The lowest BCUT2D eigenvalue weighted by atomic mass is 10.1. The molecule has 6 aromatic rings. The Balaban J connectivity index is 0.00000111. The van der Waals surface area contributed by atoms with E-state index in [4.69, 9.17) is 11.6 Å². The van der Waals surface area contributed by atoms with Crippen LogP contribution < -0.4 is 5.32 Å². The molecule has 0 saturated heterocycles. The molecule has 1 N–H and O–H groups in total. The fourth-order valence-electron chi connectivity index (χ4n) is 4.36. The Morgan fingerprint density at radius 2 is 1.33 bits per heavy atom. The maximum absolute atomic E-state index is 6.37. The fraction of sp³-hybridized carbons (Fsp3) is 0. The quantitative estimate of drug-likeness (QED) is 0.189. The SMILES string of the molecule is Clc1ccccc1Nc1ccc2c3ccccc3n(-c3ccc4ccccc4c3)c2c1.PS. The van der Waals surface area contributed by atoms with Crippen LogP contribution in [0.25, 0.3) is 38.3 Å². The van der Waals surface area contributed by atoms with Gasteiger partial charge in [0.2, 0.25) is 0 Å². The average Bonchev–Trinajstić information content (AvgIpc) is 3.20. The summed E-state index contributed by atoms with van der Waals surface area (Å²) in [5.41, 5.74) is 5.42. The van der Waals surface area contributed by atoms with E-state index in [0.29, 0.717) is 5.02 Å². The van der Waals surface area contributed by atoms with E-state index in [1.165, 1.54) is 27.1 Å². The molecule has 0 aliphatic heterocycles. The van der Waals surface area contributed by atoms with Gasteiger partial charge in [0.1, 0.15) is 0 Å². The van der Waals surface area contributed by atoms with Crippen molar-refractivity contribution in [2.75, 3.05) is 5.32 Å². The first-order valence-electron chi connectivity index (χ1n) is 10.6. The summed E-state index contributed by atoms with van der Waals surface area (Å²) >= 11 is 9.82. The van der Waals surface area contributed by atoms with Crippen molar-refractivity contribution >= 4 is 76.2 Å². The van der Waals surface area contributed by atoms with Gasteiger partial charge >= 0.3 is 0 Å². The summed E-state index contributed by atoms with van der Waals surface area (Å²) in [6, 6.07) is 38.0. The lowest BCUT2D eigenvalue weighted by Crippen LogP contribution is -1.95. The lowest BCUT2D eigenvalue weighted by Gasteiger charge is -2.11. The zero-order chi connectivity index (χ0) is 22.8.